The van der Waals surface area contributed by atoms with Crippen LogP contribution < -0.4 is 15.4 Å². The van der Waals surface area contributed by atoms with E-state index in [9.17, 15) is 26.4 Å². The zero-order chi connectivity index (χ0) is 24.7. The van der Waals surface area contributed by atoms with Gasteiger partial charge in [-0.05, 0) is 60.9 Å². The maximum absolute atomic E-state index is 13.4. The van der Waals surface area contributed by atoms with Crippen LogP contribution in [0.25, 0.3) is 0 Å². The Hall–Kier alpha value is -3.24. The van der Waals surface area contributed by atoms with Gasteiger partial charge in [0.25, 0.3) is 15.9 Å². The van der Waals surface area contributed by atoms with Crippen molar-refractivity contribution in [1.29, 1.82) is 0 Å². The van der Waals surface area contributed by atoms with Gasteiger partial charge in [-0.2, -0.15) is 13.2 Å². The monoisotopic (exact) mass is 509 g/mol. The molecule has 3 aromatic carbocycles. The number of carbonyl (C=O) groups is 1. The van der Waals surface area contributed by atoms with Gasteiger partial charge in [0.05, 0.1) is 32.4 Å². The van der Waals surface area contributed by atoms with Gasteiger partial charge in [0.1, 0.15) is 0 Å². The van der Waals surface area contributed by atoms with Crippen molar-refractivity contribution in [1.82, 2.24) is 0 Å². The number of anilines is 3. The summed E-state index contributed by atoms with van der Waals surface area (Å²) in [6, 6.07) is 13.4. The van der Waals surface area contributed by atoms with Crippen molar-refractivity contribution in [3.63, 3.8) is 0 Å². The number of halogens is 4. The molecule has 0 aliphatic carbocycles. The predicted octanol–water partition coefficient (Wildman–Crippen LogP) is 5.33. The van der Waals surface area contributed by atoms with Crippen molar-refractivity contribution in [2.75, 3.05) is 21.9 Å². The zero-order valence-electron chi connectivity index (χ0n) is 17.6. The van der Waals surface area contributed by atoms with Crippen LogP contribution in [0.3, 0.4) is 0 Å². The van der Waals surface area contributed by atoms with E-state index in [1.165, 1.54) is 22.5 Å². The highest BCUT2D eigenvalue weighted by atomic mass is 35.5. The number of nitrogens with two attached hydrogens (primary N) is 1. The largest absolute Gasteiger partial charge is 0.416 e. The average molecular weight is 510 g/mol. The lowest BCUT2D eigenvalue weighted by Gasteiger charge is -2.30. The number of nitrogens with zero attached hydrogens (tertiary/aromatic N) is 1. The number of hydrogen-bond acceptors (Lipinski definition) is 4. The summed E-state index contributed by atoms with van der Waals surface area (Å²) in [5.74, 6) is -0.828. The number of alkyl halides is 3. The highest BCUT2D eigenvalue weighted by Gasteiger charge is 2.32. The van der Waals surface area contributed by atoms with Crippen molar-refractivity contribution >= 4 is 44.6 Å². The molecule has 0 spiro atoms. The summed E-state index contributed by atoms with van der Waals surface area (Å²) in [7, 11) is -3.97. The van der Waals surface area contributed by atoms with E-state index in [1.807, 2.05) is 12.1 Å². The number of para-hydroxylation sites is 1. The number of benzene rings is 3. The van der Waals surface area contributed by atoms with E-state index in [1.54, 1.807) is 12.1 Å². The molecule has 3 aromatic rings. The summed E-state index contributed by atoms with van der Waals surface area (Å²) in [5.41, 5.74) is 5.57. The predicted molar refractivity (Wildman–Crippen MR) is 125 cm³/mol. The molecule has 3 N–H and O–H groups in total. The van der Waals surface area contributed by atoms with Gasteiger partial charge in [0.15, 0.2) is 0 Å². The molecule has 1 aliphatic heterocycles. The summed E-state index contributed by atoms with van der Waals surface area (Å²) in [6.45, 7) is 0.297. The first-order valence-electron chi connectivity index (χ1n) is 10.2. The first-order valence-corrected chi connectivity index (χ1v) is 12.0. The van der Waals surface area contributed by atoms with Crippen LogP contribution in [0.5, 0.6) is 0 Å². The highest BCUT2D eigenvalue weighted by Crippen LogP contribution is 2.35. The Kier molecular flexibility index (Phi) is 6.22. The van der Waals surface area contributed by atoms with E-state index in [4.69, 9.17) is 17.3 Å². The molecule has 0 radical (unpaired) electrons. The Balaban J connectivity index is 1.64. The third-order valence-corrected chi connectivity index (χ3v) is 7.60. The van der Waals surface area contributed by atoms with Crippen LogP contribution in [0.2, 0.25) is 5.02 Å². The summed E-state index contributed by atoms with van der Waals surface area (Å²) in [5, 5.41) is 2.50. The minimum Gasteiger partial charge on any atom is -0.398 e. The molecule has 11 heteroatoms. The fourth-order valence-electron chi connectivity index (χ4n) is 3.77. The van der Waals surface area contributed by atoms with Crippen molar-refractivity contribution in [3.05, 3.63) is 82.4 Å². The molecule has 1 amide bonds. The van der Waals surface area contributed by atoms with Crippen LogP contribution in [0, 0.1) is 0 Å². The molecule has 0 fully saturated rings. The number of fused-ring (bicyclic) bond motifs is 1. The smallest absolute Gasteiger partial charge is 0.398 e. The van der Waals surface area contributed by atoms with Crippen molar-refractivity contribution in [2.45, 2.75) is 23.9 Å². The normalized spacial score (nSPS) is 13.9. The van der Waals surface area contributed by atoms with E-state index in [0.29, 0.717) is 24.7 Å². The fourth-order valence-corrected chi connectivity index (χ4v) is 5.50. The molecule has 1 heterocycles. The maximum Gasteiger partial charge on any atom is 0.416 e. The van der Waals surface area contributed by atoms with E-state index < -0.39 is 27.7 Å². The molecule has 0 aromatic heterocycles. The van der Waals surface area contributed by atoms with Gasteiger partial charge in [-0.25, -0.2) is 8.42 Å². The molecule has 0 unspecified atom stereocenters. The first-order chi connectivity index (χ1) is 16.0. The van der Waals surface area contributed by atoms with Gasteiger partial charge < -0.3 is 11.1 Å². The lowest BCUT2D eigenvalue weighted by molar-refractivity contribution is -0.137. The number of sulfonamides is 1. The lowest BCUT2D eigenvalue weighted by Crippen LogP contribution is -2.35. The third-order valence-electron chi connectivity index (χ3n) is 5.47. The van der Waals surface area contributed by atoms with E-state index in [0.717, 1.165) is 24.1 Å². The van der Waals surface area contributed by atoms with Gasteiger partial charge in [-0.1, -0.05) is 29.8 Å². The fraction of sp³-hybridized carbons (Fsp3) is 0.174. The highest BCUT2D eigenvalue weighted by molar-refractivity contribution is 7.92. The number of hydrogen-bond donors (Lipinski definition) is 2. The van der Waals surface area contributed by atoms with Gasteiger partial charge >= 0.3 is 6.18 Å². The Morgan fingerprint density at radius 3 is 2.50 bits per heavy atom. The molecule has 0 atom stereocenters. The summed E-state index contributed by atoms with van der Waals surface area (Å²) in [6.07, 6.45) is -3.19. The average Bonchev–Trinajstić information content (AvgIpc) is 2.79. The number of rotatable bonds is 4. The van der Waals surface area contributed by atoms with Gasteiger partial charge in [0, 0.05) is 12.2 Å². The van der Waals surface area contributed by atoms with Gasteiger partial charge in [0.2, 0.25) is 0 Å². The maximum atomic E-state index is 13.4. The third kappa shape index (κ3) is 4.55. The van der Waals surface area contributed by atoms with Crippen LogP contribution >= 0.6 is 11.6 Å². The Morgan fingerprint density at radius 1 is 1.06 bits per heavy atom. The Labute approximate surface area is 199 Å². The second-order valence-corrected chi connectivity index (χ2v) is 9.97. The molecule has 0 saturated carbocycles. The molecule has 0 bridgehead atoms. The van der Waals surface area contributed by atoms with Crippen molar-refractivity contribution in [2.24, 2.45) is 0 Å². The van der Waals surface area contributed by atoms with E-state index in [2.05, 4.69) is 5.32 Å². The molecule has 34 heavy (non-hydrogen) atoms. The molecule has 6 nitrogen and oxygen atoms in total. The van der Waals surface area contributed by atoms with Crippen LogP contribution in [-0.4, -0.2) is 20.9 Å². The Morgan fingerprint density at radius 2 is 1.79 bits per heavy atom. The minimum atomic E-state index is -4.61. The second-order valence-electron chi connectivity index (χ2n) is 7.71. The molecular formula is C23H19ClF3N3O3S. The molecule has 178 valence electrons. The van der Waals surface area contributed by atoms with E-state index >= 15 is 0 Å². The Bertz CT molecular complexity index is 1380. The van der Waals surface area contributed by atoms with E-state index in [-0.39, 0.29) is 26.9 Å². The summed E-state index contributed by atoms with van der Waals surface area (Å²) >= 11 is 6.17. The molecule has 0 saturated heterocycles. The molecular weight excluding hydrogens is 491 g/mol. The second kappa shape index (κ2) is 8.84. The topological polar surface area (TPSA) is 92.5 Å². The summed E-state index contributed by atoms with van der Waals surface area (Å²) in [4.78, 5) is 12.6. The number of nitrogen functional groups attached to an aromatic ring is 1. The SMILES string of the molecule is Nc1cc(C(F)(F)F)ccc1C(=O)Nc1cc(S(=O)(=O)N2CCCc3ccccc32)ccc1Cl. The van der Waals surface area contributed by atoms with Crippen LogP contribution in [-0.2, 0) is 22.6 Å². The van der Waals surface area contributed by atoms with Crippen LogP contribution in [0.4, 0.5) is 30.2 Å². The lowest BCUT2D eigenvalue weighted by atomic mass is 10.0. The standard InChI is InChI=1S/C23H19ClF3N3O3S/c24-18-10-8-16(34(32,33)30-11-3-5-14-4-1-2-6-21(14)30)13-20(18)29-22(31)17-9-7-15(12-19(17)28)23(25,26)27/h1-2,4,6-10,12-13H,3,5,11,28H2,(H,29,31). The number of aryl methyl sites for hydroxylation is 1. The minimum absolute atomic E-state index is 0.0164. The number of amides is 1. The first kappa shape index (κ1) is 23.9. The molecule has 4 rings (SSSR count). The van der Waals surface area contributed by atoms with Crippen molar-refractivity contribution < 1.29 is 26.4 Å². The quantitative estimate of drug-likeness (QED) is 0.465. The number of nitrogens with one attached hydrogen (secondary N) is 1. The van der Waals surface area contributed by atoms with Gasteiger partial charge in [-0.3, -0.25) is 9.10 Å². The van der Waals surface area contributed by atoms with Gasteiger partial charge in [-0.15, -0.1) is 0 Å². The van der Waals surface area contributed by atoms with Crippen LogP contribution in [0.1, 0.15) is 27.9 Å². The summed E-state index contributed by atoms with van der Waals surface area (Å²) < 4.78 is 66.7. The van der Waals surface area contributed by atoms with Crippen molar-refractivity contribution in [3.8, 4) is 0 Å². The zero-order valence-corrected chi connectivity index (χ0v) is 19.1. The molecule has 1 aliphatic rings. The number of carbonyl (C=O) groups excluding carboxylic acids is 1. The van der Waals surface area contributed by atoms with Crippen LogP contribution in [0.15, 0.2) is 65.6 Å².